The van der Waals surface area contributed by atoms with E-state index in [0.717, 1.165) is 18.6 Å². The minimum Gasteiger partial charge on any atom is -0.491 e. The van der Waals surface area contributed by atoms with E-state index in [2.05, 4.69) is 6.92 Å². The number of halogens is 1. The Hall–Kier alpha value is -1.05. The zero-order chi connectivity index (χ0) is 9.68. The van der Waals surface area contributed by atoms with Crippen molar-refractivity contribution in [2.45, 2.75) is 32.8 Å². The number of ether oxygens (including phenoxy) is 1. The van der Waals surface area contributed by atoms with Crippen molar-refractivity contribution in [1.29, 1.82) is 0 Å². The summed E-state index contributed by atoms with van der Waals surface area (Å²) < 4.78 is 18.1. The van der Waals surface area contributed by atoms with Gasteiger partial charge in [0.15, 0.2) is 0 Å². The van der Waals surface area contributed by atoms with E-state index < -0.39 is 0 Å². The predicted molar refractivity (Wildman–Crippen MR) is 51.4 cm³/mol. The van der Waals surface area contributed by atoms with Crippen molar-refractivity contribution in [3.63, 3.8) is 0 Å². The van der Waals surface area contributed by atoms with Crippen LogP contribution in [0.15, 0.2) is 24.3 Å². The first-order valence-electron chi connectivity index (χ1n) is 4.64. The van der Waals surface area contributed by atoms with Crippen LogP contribution in [-0.2, 0) is 0 Å². The third kappa shape index (κ3) is 3.45. The van der Waals surface area contributed by atoms with Gasteiger partial charge >= 0.3 is 0 Å². The Labute approximate surface area is 78.5 Å². The summed E-state index contributed by atoms with van der Waals surface area (Å²) in [6, 6.07) is 6.13. The zero-order valence-electron chi connectivity index (χ0n) is 8.09. The smallest absolute Gasteiger partial charge is 0.123 e. The van der Waals surface area contributed by atoms with Crippen LogP contribution in [0.3, 0.4) is 0 Å². The molecule has 2 heteroatoms. The van der Waals surface area contributed by atoms with Crippen LogP contribution in [0.25, 0.3) is 0 Å². The molecular weight excluding hydrogens is 167 g/mol. The number of rotatable bonds is 4. The Morgan fingerprint density at radius 3 is 2.46 bits per heavy atom. The van der Waals surface area contributed by atoms with Gasteiger partial charge in [-0.25, -0.2) is 4.39 Å². The van der Waals surface area contributed by atoms with Crippen LogP contribution < -0.4 is 4.74 Å². The summed E-state index contributed by atoms with van der Waals surface area (Å²) >= 11 is 0. The molecule has 0 aromatic heterocycles. The number of hydrogen-bond donors (Lipinski definition) is 0. The molecule has 1 unspecified atom stereocenters. The lowest BCUT2D eigenvalue weighted by molar-refractivity contribution is 0.209. The quantitative estimate of drug-likeness (QED) is 0.693. The highest BCUT2D eigenvalue weighted by Crippen LogP contribution is 2.14. The second-order valence-electron chi connectivity index (χ2n) is 3.17. The molecule has 1 nitrogen and oxygen atoms in total. The zero-order valence-corrected chi connectivity index (χ0v) is 8.09. The highest BCUT2D eigenvalue weighted by molar-refractivity contribution is 5.22. The van der Waals surface area contributed by atoms with Crippen molar-refractivity contribution in [2.24, 2.45) is 0 Å². The van der Waals surface area contributed by atoms with E-state index in [4.69, 9.17) is 4.74 Å². The molecule has 0 spiro atoms. The number of benzene rings is 1. The molecule has 0 amide bonds. The molecule has 0 heterocycles. The Morgan fingerprint density at radius 1 is 1.31 bits per heavy atom. The van der Waals surface area contributed by atoms with Gasteiger partial charge in [0.1, 0.15) is 11.6 Å². The summed E-state index contributed by atoms with van der Waals surface area (Å²) in [7, 11) is 0. The fraction of sp³-hybridized carbons (Fsp3) is 0.455. The molecule has 0 aliphatic heterocycles. The van der Waals surface area contributed by atoms with E-state index in [-0.39, 0.29) is 11.9 Å². The maximum atomic E-state index is 12.5. The SMILES string of the molecule is CCCC(C)Oc1ccc(F)cc1. The van der Waals surface area contributed by atoms with Gasteiger partial charge < -0.3 is 4.74 Å². The Bertz CT molecular complexity index is 243. The second kappa shape index (κ2) is 4.85. The van der Waals surface area contributed by atoms with Gasteiger partial charge in [-0.05, 0) is 37.6 Å². The Morgan fingerprint density at radius 2 is 1.92 bits per heavy atom. The molecule has 0 radical (unpaired) electrons. The Balaban J connectivity index is 2.49. The van der Waals surface area contributed by atoms with Gasteiger partial charge in [-0.2, -0.15) is 0 Å². The largest absolute Gasteiger partial charge is 0.491 e. The Kier molecular flexibility index (Phi) is 3.74. The fourth-order valence-electron chi connectivity index (χ4n) is 1.21. The average molecular weight is 182 g/mol. The summed E-state index contributed by atoms with van der Waals surface area (Å²) in [5.74, 6) is 0.512. The van der Waals surface area contributed by atoms with Crippen molar-refractivity contribution < 1.29 is 9.13 Å². The monoisotopic (exact) mass is 182 g/mol. The topological polar surface area (TPSA) is 9.23 Å². The summed E-state index contributed by atoms with van der Waals surface area (Å²) in [5.41, 5.74) is 0. The average Bonchev–Trinajstić information content (AvgIpc) is 2.09. The molecule has 1 rings (SSSR count). The first-order chi connectivity index (χ1) is 6.22. The van der Waals surface area contributed by atoms with Crippen LogP contribution in [0.1, 0.15) is 26.7 Å². The summed E-state index contributed by atoms with van der Waals surface area (Å²) in [6.07, 6.45) is 2.33. The first-order valence-corrected chi connectivity index (χ1v) is 4.64. The highest BCUT2D eigenvalue weighted by atomic mass is 19.1. The summed E-state index contributed by atoms with van der Waals surface area (Å²) in [6.45, 7) is 4.14. The molecule has 0 aliphatic carbocycles. The van der Waals surface area contributed by atoms with Gasteiger partial charge in [0.25, 0.3) is 0 Å². The fourth-order valence-corrected chi connectivity index (χ4v) is 1.21. The molecule has 0 fully saturated rings. The first kappa shape index (κ1) is 10.0. The van der Waals surface area contributed by atoms with E-state index in [1.165, 1.54) is 12.1 Å². The van der Waals surface area contributed by atoms with Crippen LogP contribution in [0.4, 0.5) is 4.39 Å². The van der Waals surface area contributed by atoms with Gasteiger partial charge in [0.2, 0.25) is 0 Å². The molecule has 0 aliphatic rings. The van der Waals surface area contributed by atoms with Crippen molar-refractivity contribution in [3.8, 4) is 5.75 Å². The van der Waals surface area contributed by atoms with Crippen LogP contribution in [0, 0.1) is 5.82 Å². The van der Waals surface area contributed by atoms with Gasteiger partial charge in [-0.15, -0.1) is 0 Å². The van der Waals surface area contributed by atoms with Crippen molar-refractivity contribution in [1.82, 2.24) is 0 Å². The van der Waals surface area contributed by atoms with Gasteiger partial charge in [0, 0.05) is 0 Å². The normalized spacial score (nSPS) is 12.5. The van der Waals surface area contributed by atoms with Gasteiger partial charge in [0.05, 0.1) is 6.10 Å². The molecule has 13 heavy (non-hydrogen) atoms. The summed E-state index contributed by atoms with van der Waals surface area (Å²) in [4.78, 5) is 0. The third-order valence-corrected chi connectivity index (χ3v) is 1.85. The van der Waals surface area contributed by atoms with E-state index >= 15 is 0 Å². The molecule has 1 aromatic rings. The van der Waals surface area contributed by atoms with Crippen molar-refractivity contribution in [2.75, 3.05) is 0 Å². The van der Waals surface area contributed by atoms with E-state index in [9.17, 15) is 4.39 Å². The maximum absolute atomic E-state index is 12.5. The van der Waals surface area contributed by atoms with Crippen LogP contribution in [0.5, 0.6) is 5.75 Å². The van der Waals surface area contributed by atoms with Crippen LogP contribution in [-0.4, -0.2) is 6.10 Å². The van der Waals surface area contributed by atoms with Crippen molar-refractivity contribution in [3.05, 3.63) is 30.1 Å². The minimum atomic E-state index is -0.226. The second-order valence-corrected chi connectivity index (χ2v) is 3.17. The van der Waals surface area contributed by atoms with E-state index in [1.807, 2.05) is 6.92 Å². The molecule has 72 valence electrons. The van der Waals surface area contributed by atoms with Crippen LogP contribution in [0.2, 0.25) is 0 Å². The lowest BCUT2D eigenvalue weighted by atomic mass is 10.2. The van der Waals surface area contributed by atoms with Gasteiger partial charge in [-0.1, -0.05) is 13.3 Å². The third-order valence-electron chi connectivity index (χ3n) is 1.85. The van der Waals surface area contributed by atoms with Crippen molar-refractivity contribution >= 4 is 0 Å². The molecule has 1 atom stereocenters. The molecule has 0 bridgehead atoms. The highest BCUT2D eigenvalue weighted by Gasteiger charge is 2.01. The van der Waals surface area contributed by atoms with Crippen LogP contribution >= 0.6 is 0 Å². The molecular formula is C11H15FO. The summed E-state index contributed by atoms with van der Waals surface area (Å²) in [5, 5.41) is 0. The number of hydrogen-bond acceptors (Lipinski definition) is 1. The molecule has 0 saturated heterocycles. The minimum absolute atomic E-state index is 0.204. The van der Waals surface area contributed by atoms with E-state index in [0.29, 0.717) is 0 Å². The van der Waals surface area contributed by atoms with E-state index in [1.54, 1.807) is 12.1 Å². The standard InChI is InChI=1S/C11H15FO/c1-3-4-9(2)13-11-7-5-10(12)6-8-11/h5-9H,3-4H2,1-2H3. The lowest BCUT2D eigenvalue weighted by Crippen LogP contribution is -2.10. The molecule has 0 N–H and O–H groups in total. The lowest BCUT2D eigenvalue weighted by Gasteiger charge is -2.13. The maximum Gasteiger partial charge on any atom is 0.123 e. The molecule has 0 saturated carbocycles. The predicted octanol–water partition coefficient (Wildman–Crippen LogP) is 3.39. The van der Waals surface area contributed by atoms with Gasteiger partial charge in [-0.3, -0.25) is 0 Å². The molecule has 1 aromatic carbocycles.